The first-order valence-electron chi connectivity index (χ1n) is 4.59. The predicted molar refractivity (Wildman–Crippen MR) is 49.3 cm³/mol. The minimum absolute atomic E-state index is 0.761. The van der Waals surface area contributed by atoms with Crippen LogP contribution in [0, 0.1) is 11.8 Å². The van der Waals surface area contributed by atoms with Gasteiger partial charge in [-0.3, -0.25) is 0 Å². The molecular weight excluding hydrogens is 134 g/mol. The molecule has 2 N–H and O–H groups in total. The average Bonchev–Trinajstić information content (AvgIpc) is 2.05. The van der Waals surface area contributed by atoms with Crippen molar-refractivity contribution < 1.29 is 0 Å². The summed E-state index contributed by atoms with van der Waals surface area (Å²) >= 11 is 0. The van der Waals surface area contributed by atoms with Crippen molar-refractivity contribution in [2.75, 3.05) is 6.54 Å². The molecule has 0 aliphatic heterocycles. The Hall–Kier alpha value is -0.300. The zero-order valence-electron chi connectivity index (χ0n) is 7.47. The largest absolute Gasteiger partial charge is 0.330 e. The molecular formula is C10H19N. The Labute approximate surface area is 69.7 Å². The van der Waals surface area contributed by atoms with E-state index < -0.39 is 0 Å². The van der Waals surface area contributed by atoms with E-state index in [0.717, 1.165) is 18.4 Å². The Balaban J connectivity index is 2.39. The molecule has 0 aromatic heterocycles. The Morgan fingerprint density at radius 2 is 2.27 bits per heavy atom. The first kappa shape index (κ1) is 8.79. The molecule has 0 aromatic carbocycles. The summed E-state index contributed by atoms with van der Waals surface area (Å²) in [5.74, 6) is 1.53. The lowest BCUT2D eigenvalue weighted by Gasteiger charge is -2.28. The molecule has 0 saturated heterocycles. The molecule has 64 valence electrons. The summed E-state index contributed by atoms with van der Waals surface area (Å²) in [6.45, 7) is 7.01. The topological polar surface area (TPSA) is 26.0 Å². The molecule has 1 heteroatoms. The third kappa shape index (κ3) is 2.33. The van der Waals surface area contributed by atoms with Gasteiger partial charge in [0.05, 0.1) is 0 Å². The van der Waals surface area contributed by atoms with Crippen molar-refractivity contribution in [2.24, 2.45) is 17.6 Å². The molecule has 1 rings (SSSR count). The van der Waals surface area contributed by atoms with Gasteiger partial charge in [-0.2, -0.15) is 0 Å². The Bertz CT molecular complexity index is 140. The maximum Gasteiger partial charge on any atom is -0.00486 e. The fraction of sp³-hybridized carbons (Fsp3) is 0.800. The Kier molecular flexibility index (Phi) is 3.13. The lowest BCUT2D eigenvalue weighted by atomic mass is 9.78. The molecule has 0 radical (unpaired) electrons. The maximum atomic E-state index is 5.64. The first-order chi connectivity index (χ1) is 5.24. The monoisotopic (exact) mass is 153 g/mol. The molecule has 0 heterocycles. The highest BCUT2D eigenvalue weighted by atomic mass is 14.6. The summed E-state index contributed by atoms with van der Waals surface area (Å²) in [5, 5.41) is 0. The maximum absolute atomic E-state index is 5.64. The van der Waals surface area contributed by atoms with Gasteiger partial charge in [-0.15, -0.1) is 0 Å². The molecule has 1 saturated carbocycles. The van der Waals surface area contributed by atoms with Crippen LogP contribution < -0.4 is 5.73 Å². The number of nitrogens with two attached hydrogens (primary N) is 1. The third-order valence-electron chi connectivity index (χ3n) is 2.81. The van der Waals surface area contributed by atoms with Crippen molar-refractivity contribution in [1.29, 1.82) is 0 Å². The number of hydrogen-bond donors (Lipinski definition) is 1. The van der Waals surface area contributed by atoms with Crippen LogP contribution in [0.3, 0.4) is 0 Å². The van der Waals surface area contributed by atoms with Crippen LogP contribution in [0.1, 0.15) is 32.6 Å². The quantitative estimate of drug-likeness (QED) is 0.605. The van der Waals surface area contributed by atoms with Gasteiger partial charge in [-0.25, -0.2) is 0 Å². The van der Waals surface area contributed by atoms with Crippen LogP contribution in [-0.4, -0.2) is 6.54 Å². The van der Waals surface area contributed by atoms with Crippen molar-refractivity contribution in [2.45, 2.75) is 32.6 Å². The predicted octanol–water partition coefficient (Wildman–Crippen LogP) is 2.33. The van der Waals surface area contributed by atoms with Gasteiger partial charge in [0.2, 0.25) is 0 Å². The average molecular weight is 153 g/mol. The van der Waals surface area contributed by atoms with E-state index in [9.17, 15) is 0 Å². The van der Waals surface area contributed by atoms with Crippen LogP contribution in [0.5, 0.6) is 0 Å². The molecule has 0 bridgehead atoms. The lowest BCUT2D eigenvalue weighted by Crippen LogP contribution is -2.22. The lowest BCUT2D eigenvalue weighted by molar-refractivity contribution is 0.301. The first-order valence-corrected chi connectivity index (χ1v) is 4.59. The summed E-state index contributed by atoms with van der Waals surface area (Å²) in [5.41, 5.74) is 6.99. The second-order valence-corrected chi connectivity index (χ2v) is 3.81. The van der Waals surface area contributed by atoms with Crippen LogP contribution in [0.15, 0.2) is 12.2 Å². The summed E-state index contributed by atoms with van der Waals surface area (Å²) in [7, 11) is 0. The summed E-state index contributed by atoms with van der Waals surface area (Å²) < 4.78 is 0. The molecule has 1 nitrogen and oxygen atoms in total. The van der Waals surface area contributed by atoms with Gasteiger partial charge in [-0.05, 0) is 44.6 Å². The molecule has 0 spiro atoms. The Morgan fingerprint density at radius 1 is 1.55 bits per heavy atom. The van der Waals surface area contributed by atoms with E-state index in [1.54, 1.807) is 0 Å². The van der Waals surface area contributed by atoms with Gasteiger partial charge in [0.25, 0.3) is 0 Å². The van der Waals surface area contributed by atoms with Crippen molar-refractivity contribution in [3.05, 3.63) is 12.2 Å². The molecule has 2 atom stereocenters. The van der Waals surface area contributed by atoms with Crippen LogP contribution in [0.25, 0.3) is 0 Å². The molecule has 1 fully saturated rings. The van der Waals surface area contributed by atoms with E-state index >= 15 is 0 Å². The summed E-state index contributed by atoms with van der Waals surface area (Å²) in [4.78, 5) is 0. The normalized spacial score (nSPS) is 31.8. The van der Waals surface area contributed by atoms with Crippen molar-refractivity contribution in [3.63, 3.8) is 0 Å². The van der Waals surface area contributed by atoms with Crippen molar-refractivity contribution in [1.82, 2.24) is 0 Å². The SMILES string of the molecule is C=C(C)C1CCCC(CN)C1. The number of hydrogen-bond acceptors (Lipinski definition) is 1. The molecule has 11 heavy (non-hydrogen) atoms. The van der Waals surface area contributed by atoms with Crippen molar-refractivity contribution >= 4 is 0 Å². The standard InChI is InChI=1S/C10H19N/c1-8(2)10-5-3-4-9(6-10)7-11/h9-10H,1,3-7,11H2,2H3. The fourth-order valence-electron chi connectivity index (χ4n) is 1.95. The van der Waals surface area contributed by atoms with E-state index in [1.807, 2.05) is 0 Å². The summed E-state index contributed by atoms with van der Waals surface area (Å²) in [6, 6.07) is 0. The van der Waals surface area contributed by atoms with Crippen LogP contribution in [0.4, 0.5) is 0 Å². The zero-order chi connectivity index (χ0) is 8.27. The fourth-order valence-corrected chi connectivity index (χ4v) is 1.95. The van der Waals surface area contributed by atoms with Gasteiger partial charge in [-0.1, -0.05) is 18.6 Å². The Morgan fingerprint density at radius 3 is 2.82 bits per heavy atom. The van der Waals surface area contributed by atoms with Gasteiger partial charge in [0.15, 0.2) is 0 Å². The number of allylic oxidation sites excluding steroid dienone is 1. The van der Waals surface area contributed by atoms with Crippen LogP contribution in [-0.2, 0) is 0 Å². The van der Waals surface area contributed by atoms with Crippen LogP contribution >= 0.6 is 0 Å². The van der Waals surface area contributed by atoms with Crippen molar-refractivity contribution in [3.8, 4) is 0 Å². The third-order valence-corrected chi connectivity index (χ3v) is 2.81. The minimum atomic E-state index is 0.761. The van der Waals surface area contributed by atoms with E-state index in [0.29, 0.717) is 0 Å². The van der Waals surface area contributed by atoms with Gasteiger partial charge in [0, 0.05) is 0 Å². The highest BCUT2D eigenvalue weighted by Gasteiger charge is 2.20. The van der Waals surface area contributed by atoms with E-state index in [1.165, 1.54) is 31.3 Å². The zero-order valence-corrected chi connectivity index (χ0v) is 7.47. The van der Waals surface area contributed by atoms with Gasteiger partial charge >= 0.3 is 0 Å². The highest BCUT2D eigenvalue weighted by molar-refractivity contribution is 4.98. The summed E-state index contributed by atoms with van der Waals surface area (Å²) in [6.07, 6.45) is 5.30. The minimum Gasteiger partial charge on any atom is -0.330 e. The smallest absolute Gasteiger partial charge is 0.00486 e. The molecule has 0 amide bonds. The molecule has 1 aliphatic carbocycles. The van der Waals surface area contributed by atoms with Crippen LogP contribution in [0.2, 0.25) is 0 Å². The van der Waals surface area contributed by atoms with E-state index in [-0.39, 0.29) is 0 Å². The molecule has 0 aromatic rings. The molecule has 1 aliphatic rings. The highest BCUT2D eigenvalue weighted by Crippen LogP contribution is 2.31. The second-order valence-electron chi connectivity index (χ2n) is 3.81. The van der Waals surface area contributed by atoms with E-state index in [2.05, 4.69) is 13.5 Å². The second kappa shape index (κ2) is 3.91. The van der Waals surface area contributed by atoms with Gasteiger partial charge in [0.1, 0.15) is 0 Å². The molecule has 2 unspecified atom stereocenters. The number of rotatable bonds is 2. The van der Waals surface area contributed by atoms with Gasteiger partial charge < -0.3 is 5.73 Å². The van der Waals surface area contributed by atoms with E-state index in [4.69, 9.17) is 5.73 Å².